The van der Waals surface area contributed by atoms with Crippen molar-refractivity contribution in [3.8, 4) is 0 Å². The van der Waals surface area contributed by atoms with E-state index in [4.69, 9.17) is 0 Å². The van der Waals surface area contributed by atoms with Gasteiger partial charge in [-0.15, -0.1) is 0 Å². The fourth-order valence-electron chi connectivity index (χ4n) is 2.94. The predicted octanol–water partition coefficient (Wildman–Crippen LogP) is 5.84. The van der Waals surface area contributed by atoms with Gasteiger partial charge in [-0.1, -0.05) is 24.3 Å². The maximum Gasteiger partial charge on any atom is 0.416 e. The van der Waals surface area contributed by atoms with Crippen molar-refractivity contribution in [2.75, 3.05) is 10.6 Å². The number of hydrogen-bond donors (Lipinski definition) is 2. The zero-order valence-electron chi connectivity index (χ0n) is 15.3. The van der Waals surface area contributed by atoms with Crippen LogP contribution in [0.2, 0.25) is 0 Å². The van der Waals surface area contributed by atoms with Gasteiger partial charge < -0.3 is 10.6 Å². The molecule has 29 heavy (non-hydrogen) atoms. The van der Waals surface area contributed by atoms with Crippen molar-refractivity contribution in [3.63, 3.8) is 0 Å². The smallest absolute Gasteiger partial charge is 0.340 e. The second-order valence-corrected chi connectivity index (χ2v) is 6.43. The predicted molar refractivity (Wildman–Crippen MR) is 107 cm³/mol. The van der Waals surface area contributed by atoms with Gasteiger partial charge in [0.2, 0.25) is 5.95 Å². The lowest BCUT2D eigenvalue weighted by molar-refractivity contribution is -0.137. The number of benzene rings is 2. The van der Waals surface area contributed by atoms with E-state index in [0.717, 1.165) is 28.7 Å². The van der Waals surface area contributed by atoms with Crippen LogP contribution >= 0.6 is 0 Å². The Bertz CT molecular complexity index is 1170. The summed E-state index contributed by atoms with van der Waals surface area (Å²) in [6.07, 6.45) is -2.71. The maximum absolute atomic E-state index is 12.9. The lowest BCUT2D eigenvalue weighted by Crippen LogP contribution is -2.06. The van der Waals surface area contributed by atoms with Crippen LogP contribution in [0, 0.1) is 6.92 Å². The molecular weight excluding hydrogens is 379 g/mol. The molecule has 4 aromatic rings. The summed E-state index contributed by atoms with van der Waals surface area (Å²) in [5.74, 6) is 0.699. The highest BCUT2D eigenvalue weighted by Gasteiger charge is 2.30. The van der Waals surface area contributed by atoms with E-state index in [2.05, 4.69) is 25.6 Å². The van der Waals surface area contributed by atoms with Crippen LogP contribution in [0.5, 0.6) is 0 Å². The molecule has 0 fully saturated rings. The number of anilines is 4. The Labute approximate surface area is 164 Å². The number of para-hydroxylation sites is 1. The molecule has 2 N–H and O–H groups in total. The van der Waals surface area contributed by atoms with Crippen LogP contribution in [-0.2, 0) is 6.18 Å². The fraction of sp³-hybridized carbons (Fsp3) is 0.0952. The molecule has 0 aliphatic rings. The van der Waals surface area contributed by atoms with Crippen molar-refractivity contribution in [2.45, 2.75) is 13.1 Å². The second-order valence-electron chi connectivity index (χ2n) is 6.43. The van der Waals surface area contributed by atoms with Crippen molar-refractivity contribution in [3.05, 3.63) is 78.1 Å². The van der Waals surface area contributed by atoms with Crippen LogP contribution in [-0.4, -0.2) is 15.0 Å². The molecule has 0 aliphatic carbocycles. The Morgan fingerprint density at radius 3 is 2.48 bits per heavy atom. The van der Waals surface area contributed by atoms with E-state index in [1.54, 1.807) is 25.3 Å². The molecule has 0 saturated carbocycles. The lowest BCUT2D eigenvalue weighted by Gasteiger charge is -2.12. The van der Waals surface area contributed by atoms with Gasteiger partial charge in [0.25, 0.3) is 0 Å². The van der Waals surface area contributed by atoms with Crippen molar-refractivity contribution in [1.29, 1.82) is 0 Å². The Morgan fingerprint density at radius 1 is 0.862 bits per heavy atom. The van der Waals surface area contributed by atoms with E-state index in [0.29, 0.717) is 17.5 Å². The molecule has 0 saturated heterocycles. The first-order chi connectivity index (χ1) is 13.9. The highest BCUT2D eigenvalue weighted by Crippen LogP contribution is 2.31. The number of pyridine rings is 1. The molecule has 0 radical (unpaired) electrons. The van der Waals surface area contributed by atoms with Crippen molar-refractivity contribution < 1.29 is 13.2 Å². The lowest BCUT2D eigenvalue weighted by atomic mass is 10.2. The summed E-state index contributed by atoms with van der Waals surface area (Å²) >= 11 is 0. The van der Waals surface area contributed by atoms with E-state index in [1.807, 2.05) is 30.3 Å². The molecule has 2 aromatic carbocycles. The number of aromatic nitrogens is 3. The first kappa shape index (κ1) is 18.7. The minimum absolute atomic E-state index is 0.288. The first-order valence-electron chi connectivity index (χ1n) is 8.79. The Hall–Kier alpha value is -3.68. The largest absolute Gasteiger partial charge is 0.416 e. The SMILES string of the molecule is Cc1cc(Nc2cccc(C(F)(F)F)c2)nc(Nc2cccc3cccnc23)n1. The van der Waals surface area contributed by atoms with E-state index in [1.165, 1.54) is 6.07 Å². The van der Waals surface area contributed by atoms with Gasteiger partial charge in [-0.25, -0.2) is 4.98 Å². The molecule has 8 heteroatoms. The molecule has 4 rings (SSSR count). The van der Waals surface area contributed by atoms with Crippen molar-refractivity contribution >= 4 is 34.0 Å². The van der Waals surface area contributed by atoms with Gasteiger partial charge in [-0.05, 0) is 37.3 Å². The number of aryl methyl sites for hydroxylation is 1. The standard InChI is InChI=1S/C21H16F3N5/c1-13-11-18(27-16-8-3-7-15(12-16)21(22,23)24)29-20(26-13)28-17-9-2-5-14-6-4-10-25-19(14)17/h2-12H,1H3,(H2,26,27,28,29). The average Bonchev–Trinajstić information content (AvgIpc) is 2.67. The monoisotopic (exact) mass is 395 g/mol. The zero-order valence-corrected chi connectivity index (χ0v) is 15.3. The summed E-state index contributed by atoms with van der Waals surface area (Å²) in [7, 11) is 0. The van der Waals surface area contributed by atoms with Crippen LogP contribution in [0.3, 0.4) is 0 Å². The minimum atomic E-state index is -4.41. The quantitative estimate of drug-likeness (QED) is 0.455. The minimum Gasteiger partial charge on any atom is -0.340 e. The molecule has 0 atom stereocenters. The number of halogens is 3. The molecule has 0 aliphatic heterocycles. The van der Waals surface area contributed by atoms with Crippen LogP contribution in [0.25, 0.3) is 10.9 Å². The normalized spacial score (nSPS) is 11.4. The summed E-state index contributed by atoms with van der Waals surface area (Å²) in [6, 6.07) is 16.1. The third-order valence-electron chi connectivity index (χ3n) is 4.20. The van der Waals surface area contributed by atoms with E-state index in [9.17, 15) is 13.2 Å². The molecule has 0 spiro atoms. The Morgan fingerprint density at radius 2 is 1.66 bits per heavy atom. The van der Waals surface area contributed by atoms with Crippen LogP contribution in [0.15, 0.2) is 66.9 Å². The summed E-state index contributed by atoms with van der Waals surface area (Å²) in [4.78, 5) is 13.1. The first-order valence-corrected chi connectivity index (χ1v) is 8.79. The summed E-state index contributed by atoms with van der Waals surface area (Å²) in [5.41, 5.74) is 1.72. The van der Waals surface area contributed by atoms with Crippen LogP contribution < -0.4 is 10.6 Å². The van der Waals surface area contributed by atoms with Gasteiger partial charge in [0, 0.05) is 29.0 Å². The third-order valence-corrected chi connectivity index (χ3v) is 4.20. The molecule has 2 aromatic heterocycles. The Balaban J connectivity index is 1.63. The van der Waals surface area contributed by atoms with Crippen molar-refractivity contribution in [1.82, 2.24) is 15.0 Å². The topological polar surface area (TPSA) is 62.7 Å². The van der Waals surface area contributed by atoms with Crippen LogP contribution in [0.1, 0.15) is 11.3 Å². The number of alkyl halides is 3. The van der Waals surface area contributed by atoms with Crippen LogP contribution in [0.4, 0.5) is 36.3 Å². The molecule has 146 valence electrons. The Kier molecular flexibility index (Phi) is 4.75. The third kappa shape index (κ3) is 4.26. The van der Waals surface area contributed by atoms with Gasteiger partial charge in [0.15, 0.2) is 0 Å². The van der Waals surface area contributed by atoms with Crippen molar-refractivity contribution in [2.24, 2.45) is 0 Å². The highest BCUT2D eigenvalue weighted by molar-refractivity contribution is 5.91. The molecule has 0 unspecified atom stereocenters. The summed E-state index contributed by atoms with van der Waals surface area (Å²) < 4.78 is 38.8. The average molecular weight is 395 g/mol. The number of hydrogen-bond acceptors (Lipinski definition) is 5. The zero-order chi connectivity index (χ0) is 20.4. The number of rotatable bonds is 4. The molecule has 0 bridgehead atoms. The fourth-order valence-corrected chi connectivity index (χ4v) is 2.94. The number of nitrogens with one attached hydrogen (secondary N) is 2. The molecule has 2 heterocycles. The molecular formula is C21H16F3N5. The highest BCUT2D eigenvalue weighted by atomic mass is 19.4. The number of nitrogens with zero attached hydrogens (tertiary/aromatic N) is 3. The van der Waals surface area contributed by atoms with E-state index in [-0.39, 0.29) is 5.69 Å². The molecule has 5 nitrogen and oxygen atoms in total. The summed E-state index contributed by atoms with van der Waals surface area (Å²) in [6.45, 7) is 1.78. The molecule has 0 amide bonds. The van der Waals surface area contributed by atoms with E-state index >= 15 is 0 Å². The van der Waals surface area contributed by atoms with Gasteiger partial charge in [-0.3, -0.25) is 4.98 Å². The van der Waals surface area contributed by atoms with Gasteiger partial charge in [0.1, 0.15) is 5.82 Å². The van der Waals surface area contributed by atoms with Gasteiger partial charge in [-0.2, -0.15) is 18.2 Å². The number of fused-ring (bicyclic) bond motifs is 1. The second kappa shape index (κ2) is 7.38. The van der Waals surface area contributed by atoms with E-state index < -0.39 is 11.7 Å². The summed E-state index contributed by atoms with van der Waals surface area (Å²) in [5, 5.41) is 7.02. The van der Waals surface area contributed by atoms with Gasteiger partial charge >= 0.3 is 6.18 Å². The maximum atomic E-state index is 12.9. The van der Waals surface area contributed by atoms with Gasteiger partial charge in [0.05, 0.1) is 16.8 Å².